The normalized spacial score (nSPS) is 14.0. The van der Waals surface area contributed by atoms with Crippen LogP contribution in [-0.2, 0) is 20.7 Å². The Morgan fingerprint density at radius 1 is 1.15 bits per heavy atom. The summed E-state index contributed by atoms with van der Waals surface area (Å²) in [5.74, 6) is -0.837. The Morgan fingerprint density at radius 2 is 1.92 bits per heavy atom. The van der Waals surface area contributed by atoms with E-state index in [0.717, 1.165) is 22.5 Å². The molecule has 0 fully saturated rings. The van der Waals surface area contributed by atoms with Crippen molar-refractivity contribution in [3.8, 4) is 0 Å². The zero-order valence-electron chi connectivity index (χ0n) is 14.9. The van der Waals surface area contributed by atoms with Crippen LogP contribution in [0.4, 0.5) is 5.69 Å². The first-order chi connectivity index (χ1) is 12.5. The number of hydrogen-bond acceptors (Lipinski definition) is 5. The summed E-state index contributed by atoms with van der Waals surface area (Å²) in [4.78, 5) is 40.0. The number of nitrogens with zero attached hydrogens (tertiary/aromatic N) is 1. The molecular weight excluding hydrogens is 350 g/mol. The quantitative estimate of drug-likeness (QED) is 0.575. The molecule has 1 atom stereocenters. The molecule has 0 unspecified atom stereocenters. The number of Topliss-reactive ketones (excluding diaryl/α,β-unsaturated/α-hetero) is 1. The molecule has 0 spiro atoms. The standard InChI is InChI=1S/C20H21NO4S/c1-13-7-9-18(26-13)17(22)8-10-19(23)25-14(2)20(24)21-12-11-15-5-3-4-6-16(15)21/h3-7,9,14H,8,10-12H2,1-2H3/t14-/m0/s1. The fourth-order valence-electron chi connectivity index (χ4n) is 3.02. The molecule has 2 aromatic rings. The average Bonchev–Trinajstić information content (AvgIpc) is 3.25. The molecular formula is C20H21NO4S. The van der Waals surface area contributed by atoms with Crippen LogP contribution in [0.2, 0.25) is 0 Å². The maximum absolute atomic E-state index is 12.6. The predicted octanol–water partition coefficient (Wildman–Crippen LogP) is 3.54. The van der Waals surface area contributed by atoms with E-state index >= 15 is 0 Å². The van der Waals surface area contributed by atoms with E-state index in [1.54, 1.807) is 17.9 Å². The molecule has 3 rings (SSSR count). The first kappa shape index (κ1) is 18.3. The van der Waals surface area contributed by atoms with E-state index in [1.165, 1.54) is 11.3 Å². The van der Waals surface area contributed by atoms with Crippen molar-refractivity contribution >= 4 is 34.7 Å². The minimum absolute atomic E-state index is 0.0238. The second-order valence-electron chi connectivity index (χ2n) is 6.33. The van der Waals surface area contributed by atoms with Gasteiger partial charge in [0.25, 0.3) is 5.91 Å². The van der Waals surface area contributed by atoms with E-state index in [4.69, 9.17) is 4.74 Å². The Morgan fingerprint density at radius 3 is 2.65 bits per heavy atom. The highest BCUT2D eigenvalue weighted by molar-refractivity contribution is 7.14. The number of benzene rings is 1. The molecule has 0 saturated carbocycles. The smallest absolute Gasteiger partial charge is 0.307 e. The minimum atomic E-state index is -0.868. The van der Waals surface area contributed by atoms with Gasteiger partial charge in [-0.05, 0) is 44.0 Å². The van der Waals surface area contributed by atoms with Gasteiger partial charge in [-0.2, -0.15) is 0 Å². The summed E-state index contributed by atoms with van der Waals surface area (Å²) in [7, 11) is 0. The van der Waals surface area contributed by atoms with Crippen LogP contribution in [0.15, 0.2) is 36.4 Å². The molecule has 1 aliphatic rings. The van der Waals surface area contributed by atoms with Crippen LogP contribution in [-0.4, -0.2) is 30.3 Å². The highest BCUT2D eigenvalue weighted by Gasteiger charge is 2.29. The summed E-state index contributed by atoms with van der Waals surface area (Å²) in [6, 6.07) is 11.4. The van der Waals surface area contributed by atoms with Crippen LogP contribution in [0.1, 0.15) is 39.9 Å². The van der Waals surface area contributed by atoms with Crippen LogP contribution in [0.25, 0.3) is 0 Å². The summed E-state index contributed by atoms with van der Waals surface area (Å²) in [6.45, 7) is 4.10. The van der Waals surface area contributed by atoms with E-state index in [2.05, 4.69) is 0 Å². The van der Waals surface area contributed by atoms with Crippen molar-refractivity contribution in [3.63, 3.8) is 0 Å². The van der Waals surface area contributed by atoms with Gasteiger partial charge in [-0.1, -0.05) is 18.2 Å². The number of carbonyl (C=O) groups excluding carboxylic acids is 3. The van der Waals surface area contributed by atoms with Crippen LogP contribution in [0.5, 0.6) is 0 Å². The number of carbonyl (C=O) groups is 3. The van der Waals surface area contributed by atoms with Gasteiger partial charge in [-0.25, -0.2) is 0 Å². The number of amides is 1. The third-order valence-electron chi connectivity index (χ3n) is 4.38. The molecule has 0 bridgehead atoms. The van der Waals surface area contributed by atoms with Crippen molar-refractivity contribution in [2.45, 2.75) is 39.2 Å². The molecule has 0 aliphatic carbocycles. The van der Waals surface area contributed by atoms with Crippen molar-refractivity contribution in [2.24, 2.45) is 0 Å². The van der Waals surface area contributed by atoms with Gasteiger partial charge in [0.2, 0.25) is 0 Å². The number of anilines is 1. The van der Waals surface area contributed by atoms with Gasteiger partial charge in [0.05, 0.1) is 11.3 Å². The highest BCUT2D eigenvalue weighted by Crippen LogP contribution is 2.28. The van der Waals surface area contributed by atoms with Gasteiger partial charge < -0.3 is 9.64 Å². The summed E-state index contributed by atoms with van der Waals surface area (Å²) >= 11 is 1.41. The van der Waals surface area contributed by atoms with Gasteiger partial charge >= 0.3 is 5.97 Å². The number of rotatable bonds is 6. The first-order valence-corrected chi connectivity index (χ1v) is 9.46. The molecule has 5 nitrogen and oxygen atoms in total. The molecule has 1 amide bonds. The van der Waals surface area contributed by atoms with E-state index in [0.29, 0.717) is 11.4 Å². The zero-order valence-corrected chi connectivity index (χ0v) is 15.7. The summed E-state index contributed by atoms with van der Waals surface area (Å²) in [5.41, 5.74) is 2.00. The topological polar surface area (TPSA) is 63.7 Å². The zero-order chi connectivity index (χ0) is 18.7. The van der Waals surface area contributed by atoms with Crippen molar-refractivity contribution in [1.82, 2.24) is 0 Å². The number of thiophene rings is 1. The third-order valence-corrected chi connectivity index (χ3v) is 5.42. The third kappa shape index (κ3) is 4.02. The Balaban J connectivity index is 1.51. The Bertz CT molecular complexity index is 842. The Hall–Kier alpha value is -2.47. The van der Waals surface area contributed by atoms with Gasteiger partial charge in [-0.3, -0.25) is 14.4 Å². The first-order valence-electron chi connectivity index (χ1n) is 8.64. The lowest BCUT2D eigenvalue weighted by Gasteiger charge is -2.21. The van der Waals surface area contributed by atoms with Crippen LogP contribution < -0.4 is 4.90 Å². The van der Waals surface area contributed by atoms with Gasteiger partial charge in [0.1, 0.15) is 0 Å². The SMILES string of the molecule is Cc1ccc(C(=O)CCC(=O)O[C@@H](C)C(=O)N2CCc3ccccc32)s1. The summed E-state index contributed by atoms with van der Waals surface area (Å²) in [5, 5.41) is 0. The molecule has 26 heavy (non-hydrogen) atoms. The molecule has 1 aromatic heterocycles. The van der Waals surface area contributed by atoms with Gasteiger partial charge in [0, 0.05) is 23.5 Å². The second-order valence-corrected chi connectivity index (χ2v) is 7.62. The maximum Gasteiger partial charge on any atom is 0.307 e. The van der Waals surface area contributed by atoms with E-state index in [-0.39, 0.29) is 24.5 Å². The number of hydrogen-bond donors (Lipinski definition) is 0. The molecule has 136 valence electrons. The minimum Gasteiger partial charge on any atom is -0.453 e. The number of ketones is 1. The average molecular weight is 371 g/mol. The number of aryl methyl sites for hydroxylation is 1. The number of esters is 1. The molecule has 0 radical (unpaired) electrons. The number of para-hydroxylation sites is 1. The van der Waals surface area contributed by atoms with Crippen molar-refractivity contribution in [3.05, 3.63) is 51.7 Å². The van der Waals surface area contributed by atoms with E-state index in [1.807, 2.05) is 37.3 Å². The molecule has 2 heterocycles. The van der Waals surface area contributed by atoms with Gasteiger partial charge in [-0.15, -0.1) is 11.3 Å². The molecule has 0 N–H and O–H groups in total. The van der Waals surface area contributed by atoms with Crippen LogP contribution in [0, 0.1) is 6.92 Å². The fourth-order valence-corrected chi connectivity index (χ4v) is 3.85. The maximum atomic E-state index is 12.6. The van der Waals surface area contributed by atoms with Crippen LogP contribution in [0.3, 0.4) is 0 Å². The lowest BCUT2D eigenvalue weighted by molar-refractivity contribution is -0.153. The highest BCUT2D eigenvalue weighted by atomic mass is 32.1. The molecule has 1 aromatic carbocycles. The lowest BCUT2D eigenvalue weighted by atomic mass is 10.2. The summed E-state index contributed by atoms with van der Waals surface area (Å²) in [6.07, 6.45) is 0.000763. The van der Waals surface area contributed by atoms with Crippen molar-refractivity contribution in [2.75, 3.05) is 11.4 Å². The van der Waals surface area contributed by atoms with E-state index in [9.17, 15) is 14.4 Å². The number of ether oxygens (including phenoxy) is 1. The molecule has 6 heteroatoms. The van der Waals surface area contributed by atoms with Crippen molar-refractivity contribution < 1.29 is 19.1 Å². The van der Waals surface area contributed by atoms with Gasteiger partial charge in [0.15, 0.2) is 11.9 Å². The predicted molar refractivity (Wildman–Crippen MR) is 101 cm³/mol. The Kier molecular flexibility index (Phi) is 5.52. The molecule has 1 aliphatic heterocycles. The summed E-state index contributed by atoms with van der Waals surface area (Å²) < 4.78 is 5.25. The van der Waals surface area contributed by atoms with E-state index < -0.39 is 12.1 Å². The van der Waals surface area contributed by atoms with Crippen LogP contribution >= 0.6 is 11.3 Å². The second kappa shape index (κ2) is 7.83. The number of fused-ring (bicyclic) bond motifs is 1. The fraction of sp³-hybridized carbons (Fsp3) is 0.350. The largest absolute Gasteiger partial charge is 0.453 e. The molecule has 0 saturated heterocycles. The van der Waals surface area contributed by atoms with Crippen molar-refractivity contribution in [1.29, 1.82) is 0 Å². The Labute approximate surface area is 156 Å². The lowest BCUT2D eigenvalue weighted by Crippen LogP contribution is -2.39. The monoisotopic (exact) mass is 371 g/mol.